The predicted molar refractivity (Wildman–Crippen MR) is 110 cm³/mol. The lowest BCUT2D eigenvalue weighted by atomic mass is 9.76. The van der Waals surface area contributed by atoms with Crippen LogP contribution in [-0.4, -0.2) is 70.9 Å². The molecule has 11 heteroatoms. The molecule has 2 rings (SSSR count). The van der Waals surface area contributed by atoms with Gasteiger partial charge in [0.25, 0.3) is 17.3 Å². The van der Waals surface area contributed by atoms with Crippen molar-refractivity contribution in [2.24, 2.45) is 0 Å². The first-order chi connectivity index (χ1) is 15.2. The van der Waals surface area contributed by atoms with E-state index in [1.165, 1.54) is 66.7 Å². The molecule has 0 radical (unpaired) electrons. The van der Waals surface area contributed by atoms with Crippen molar-refractivity contribution >= 4 is 23.0 Å². The molecule has 0 heterocycles. The van der Waals surface area contributed by atoms with Gasteiger partial charge in [0.15, 0.2) is 11.5 Å². The first kappa shape index (κ1) is 25.1. The van der Waals surface area contributed by atoms with Crippen LogP contribution in [0.3, 0.4) is 0 Å². The molecule has 0 aromatic heterocycles. The van der Waals surface area contributed by atoms with Gasteiger partial charge in [-0.05, 0) is 13.0 Å². The number of carbonyl (C=O) groups is 2. The summed E-state index contributed by atoms with van der Waals surface area (Å²) in [4.78, 5) is 37.1. The number of hydrogen-bond acceptors (Lipinski definition) is 10. The van der Waals surface area contributed by atoms with E-state index in [0.717, 1.165) is 7.11 Å². The average Bonchev–Trinajstić information content (AvgIpc) is 2.80. The zero-order chi connectivity index (χ0) is 24.3. The van der Waals surface area contributed by atoms with Gasteiger partial charge in [-0.1, -0.05) is 12.1 Å². The molecular formula is C21H25NO10. The highest BCUT2D eigenvalue weighted by molar-refractivity contribution is 6.16. The Hall–Kier alpha value is -3.12. The lowest BCUT2D eigenvalue weighted by molar-refractivity contribution is -0.385. The van der Waals surface area contributed by atoms with Crippen LogP contribution in [0.1, 0.15) is 12.5 Å². The third-order valence-electron chi connectivity index (χ3n) is 5.25. The first-order valence-electron chi connectivity index (χ1n) is 9.25. The van der Waals surface area contributed by atoms with Gasteiger partial charge in [0.2, 0.25) is 0 Å². The summed E-state index contributed by atoms with van der Waals surface area (Å²) in [6, 6.07) is 5.63. The van der Waals surface area contributed by atoms with Gasteiger partial charge >= 0.3 is 5.97 Å². The van der Waals surface area contributed by atoms with Crippen LogP contribution in [0.2, 0.25) is 0 Å². The van der Waals surface area contributed by atoms with Crippen LogP contribution in [0, 0.1) is 10.1 Å². The van der Waals surface area contributed by atoms with Crippen LogP contribution in [-0.2, 0) is 38.0 Å². The molecule has 174 valence electrons. The van der Waals surface area contributed by atoms with Gasteiger partial charge in [0.05, 0.1) is 35.9 Å². The molecule has 0 fully saturated rings. The number of nitrogens with zero attached hydrogens (tertiary/aromatic N) is 1. The van der Waals surface area contributed by atoms with Gasteiger partial charge in [-0.3, -0.25) is 14.9 Å². The molecule has 0 amide bonds. The Morgan fingerprint density at radius 2 is 1.44 bits per heavy atom. The van der Waals surface area contributed by atoms with E-state index in [0.29, 0.717) is 0 Å². The van der Waals surface area contributed by atoms with Crippen molar-refractivity contribution < 1.29 is 42.9 Å². The maximum atomic E-state index is 13.0. The van der Waals surface area contributed by atoms with Gasteiger partial charge < -0.3 is 28.4 Å². The van der Waals surface area contributed by atoms with Crippen molar-refractivity contribution in [1.29, 1.82) is 0 Å². The molecule has 0 spiro atoms. The SMILES string of the molecule is COC(=O)C1=C(C(C)=O)C(OC)(OC)C(OC)(OC)C(OC)=C1c1ccccc1[N+](=O)[O-]. The molecule has 0 saturated carbocycles. The van der Waals surface area contributed by atoms with Gasteiger partial charge in [-0.25, -0.2) is 4.79 Å². The van der Waals surface area contributed by atoms with Crippen LogP contribution in [0.5, 0.6) is 0 Å². The number of nitro groups is 1. The first-order valence-corrected chi connectivity index (χ1v) is 9.25. The number of carbonyl (C=O) groups excluding carboxylic acids is 2. The highest BCUT2D eigenvalue weighted by atomic mass is 16.8. The molecule has 0 unspecified atom stereocenters. The van der Waals surface area contributed by atoms with Crippen LogP contribution in [0.15, 0.2) is 41.2 Å². The Labute approximate surface area is 184 Å². The van der Waals surface area contributed by atoms with Crippen LogP contribution in [0.25, 0.3) is 5.57 Å². The number of hydrogen-bond donors (Lipinski definition) is 0. The van der Waals surface area contributed by atoms with E-state index in [4.69, 9.17) is 28.4 Å². The highest BCUT2D eigenvalue weighted by Crippen LogP contribution is 2.53. The topological polar surface area (TPSA) is 133 Å². The minimum absolute atomic E-state index is 0.0345. The second-order valence-corrected chi connectivity index (χ2v) is 6.53. The third kappa shape index (κ3) is 3.39. The number of methoxy groups -OCH3 is 6. The largest absolute Gasteiger partial charge is 0.494 e. The quantitative estimate of drug-likeness (QED) is 0.238. The molecule has 0 N–H and O–H groups in total. The summed E-state index contributed by atoms with van der Waals surface area (Å²) in [5, 5.41) is 11.8. The van der Waals surface area contributed by atoms with Gasteiger partial charge in [-0.2, -0.15) is 0 Å². The fraction of sp³-hybridized carbons (Fsp3) is 0.429. The Morgan fingerprint density at radius 1 is 0.906 bits per heavy atom. The molecular weight excluding hydrogens is 426 g/mol. The van der Waals surface area contributed by atoms with Crippen LogP contribution >= 0.6 is 0 Å². The van der Waals surface area contributed by atoms with Crippen LogP contribution < -0.4 is 0 Å². The number of para-hydroxylation sites is 1. The summed E-state index contributed by atoms with van der Waals surface area (Å²) in [6.45, 7) is 1.18. The maximum Gasteiger partial charge on any atom is 0.339 e. The number of esters is 1. The van der Waals surface area contributed by atoms with E-state index in [9.17, 15) is 19.7 Å². The molecule has 1 aliphatic rings. The van der Waals surface area contributed by atoms with Crippen molar-refractivity contribution in [3.05, 3.63) is 56.8 Å². The zero-order valence-corrected chi connectivity index (χ0v) is 18.8. The second-order valence-electron chi connectivity index (χ2n) is 6.53. The molecule has 0 aliphatic heterocycles. The molecule has 0 atom stereocenters. The lowest BCUT2D eigenvalue weighted by Crippen LogP contribution is -2.65. The predicted octanol–water partition coefficient (Wildman–Crippen LogP) is 2.00. The number of rotatable bonds is 9. The van der Waals surface area contributed by atoms with E-state index in [2.05, 4.69) is 0 Å². The Kier molecular flexibility index (Phi) is 7.52. The van der Waals surface area contributed by atoms with Crippen molar-refractivity contribution in [1.82, 2.24) is 0 Å². The number of benzene rings is 1. The molecule has 1 aromatic carbocycles. The molecule has 32 heavy (non-hydrogen) atoms. The van der Waals surface area contributed by atoms with E-state index >= 15 is 0 Å². The minimum Gasteiger partial charge on any atom is -0.494 e. The van der Waals surface area contributed by atoms with E-state index in [-0.39, 0.29) is 33.7 Å². The highest BCUT2D eigenvalue weighted by Gasteiger charge is 2.67. The number of nitro benzene ring substituents is 1. The Bertz CT molecular complexity index is 986. The Morgan fingerprint density at radius 3 is 1.84 bits per heavy atom. The van der Waals surface area contributed by atoms with E-state index in [1.807, 2.05) is 0 Å². The summed E-state index contributed by atoms with van der Waals surface area (Å²) in [5.41, 5.74) is -1.20. The smallest absolute Gasteiger partial charge is 0.339 e. The number of ether oxygens (including phenoxy) is 6. The minimum atomic E-state index is -2.13. The Balaban J connectivity index is 3.28. The normalized spacial score (nSPS) is 17.2. The number of ketones is 1. The van der Waals surface area contributed by atoms with Gasteiger partial charge in [0.1, 0.15) is 0 Å². The number of Topliss-reactive ketones (excluding diaryl/α,β-unsaturated/α-hetero) is 1. The average molecular weight is 451 g/mol. The summed E-state index contributed by atoms with van der Waals surface area (Å²) >= 11 is 0. The monoisotopic (exact) mass is 451 g/mol. The second kappa shape index (κ2) is 9.57. The van der Waals surface area contributed by atoms with Crippen molar-refractivity contribution in [2.45, 2.75) is 18.5 Å². The summed E-state index contributed by atoms with van der Waals surface area (Å²) in [6.07, 6.45) is 0. The fourth-order valence-electron chi connectivity index (χ4n) is 4.03. The van der Waals surface area contributed by atoms with Crippen molar-refractivity contribution in [3.63, 3.8) is 0 Å². The standard InChI is InChI=1S/C21H25NO10/c1-12(23)17-16(19(24)28-3)15(13-10-8-9-11-14(13)22(25)26)18(27-2)21(31-6,32-7)20(17,29-4)30-5/h8-11H,1-7H3. The van der Waals surface area contributed by atoms with Crippen molar-refractivity contribution in [3.8, 4) is 0 Å². The van der Waals surface area contributed by atoms with Crippen LogP contribution in [0.4, 0.5) is 5.69 Å². The molecule has 0 bridgehead atoms. The van der Waals surface area contributed by atoms with E-state index in [1.54, 1.807) is 0 Å². The van der Waals surface area contributed by atoms with Gasteiger partial charge in [-0.15, -0.1) is 0 Å². The molecule has 1 aliphatic carbocycles. The summed E-state index contributed by atoms with van der Waals surface area (Å²) < 4.78 is 33.1. The molecule has 0 saturated heterocycles. The zero-order valence-electron chi connectivity index (χ0n) is 18.8. The summed E-state index contributed by atoms with van der Waals surface area (Å²) in [7, 11) is 7.28. The lowest BCUT2D eigenvalue weighted by Gasteiger charge is -2.49. The molecule has 1 aromatic rings. The molecule has 11 nitrogen and oxygen atoms in total. The fourth-order valence-corrected chi connectivity index (χ4v) is 4.03. The summed E-state index contributed by atoms with van der Waals surface area (Å²) in [5.74, 6) is -6.05. The maximum absolute atomic E-state index is 13.0. The van der Waals surface area contributed by atoms with Crippen molar-refractivity contribution in [2.75, 3.05) is 42.7 Å². The van der Waals surface area contributed by atoms with E-state index < -0.39 is 28.3 Å². The van der Waals surface area contributed by atoms with Gasteiger partial charge in [0, 0.05) is 40.1 Å². The third-order valence-corrected chi connectivity index (χ3v) is 5.25.